The molecule has 21 heavy (non-hydrogen) atoms. The fraction of sp³-hybridized carbons (Fsp3) is 0.385. The first kappa shape index (κ1) is 15.7. The Hall–Kier alpha value is -1.73. The SMILES string of the molecule is CCCC(O)Nc1cc(Cl)ncc1-c1ccn(C(F)F)n1. The van der Waals surface area contributed by atoms with Gasteiger partial charge in [-0.2, -0.15) is 13.9 Å². The Morgan fingerprint density at radius 2 is 2.24 bits per heavy atom. The van der Waals surface area contributed by atoms with E-state index in [0.717, 1.165) is 6.42 Å². The van der Waals surface area contributed by atoms with E-state index in [9.17, 15) is 13.9 Å². The molecular formula is C13H15ClF2N4O. The average molecular weight is 317 g/mol. The molecule has 2 aromatic rings. The largest absolute Gasteiger partial charge is 0.374 e. The van der Waals surface area contributed by atoms with Crippen molar-refractivity contribution in [3.63, 3.8) is 0 Å². The monoisotopic (exact) mass is 316 g/mol. The number of nitrogens with one attached hydrogen (secondary N) is 1. The Labute approximate surface area is 125 Å². The van der Waals surface area contributed by atoms with E-state index in [1.54, 1.807) is 0 Å². The maximum Gasteiger partial charge on any atom is 0.333 e. The average Bonchev–Trinajstić information content (AvgIpc) is 2.88. The zero-order chi connectivity index (χ0) is 15.4. The van der Waals surface area contributed by atoms with E-state index >= 15 is 0 Å². The normalized spacial score (nSPS) is 12.7. The molecule has 2 N–H and O–H groups in total. The third-order valence-electron chi connectivity index (χ3n) is 2.84. The molecule has 0 saturated carbocycles. The van der Waals surface area contributed by atoms with E-state index < -0.39 is 12.8 Å². The molecule has 0 aliphatic rings. The van der Waals surface area contributed by atoms with Crippen molar-refractivity contribution in [2.24, 2.45) is 0 Å². The van der Waals surface area contributed by atoms with Crippen LogP contribution in [0.25, 0.3) is 11.3 Å². The number of alkyl halides is 2. The highest BCUT2D eigenvalue weighted by molar-refractivity contribution is 6.29. The zero-order valence-electron chi connectivity index (χ0n) is 11.3. The van der Waals surface area contributed by atoms with Crippen molar-refractivity contribution in [1.29, 1.82) is 0 Å². The Morgan fingerprint density at radius 3 is 2.86 bits per heavy atom. The molecule has 0 fully saturated rings. The molecule has 0 aliphatic carbocycles. The van der Waals surface area contributed by atoms with Gasteiger partial charge in [0.05, 0.1) is 11.4 Å². The standard InChI is InChI=1S/C13H15ClF2N4O/c1-2-3-12(21)18-10-6-11(14)17-7-8(10)9-4-5-20(19-9)13(15)16/h4-7,12-13,21H,2-3H2,1H3,(H,17,18). The first-order valence-electron chi connectivity index (χ1n) is 6.45. The lowest BCUT2D eigenvalue weighted by Gasteiger charge is -2.16. The number of aliphatic hydroxyl groups excluding tert-OH is 1. The Bertz CT molecular complexity index is 606. The fourth-order valence-corrected chi connectivity index (χ4v) is 2.03. The van der Waals surface area contributed by atoms with Gasteiger partial charge in [-0.3, -0.25) is 0 Å². The molecule has 1 unspecified atom stereocenters. The van der Waals surface area contributed by atoms with Crippen LogP contribution < -0.4 is 5.32 Å². The van der Waals surface area contributed by atoms with Gasteiger partial charge in [-0.15, -0.1) is 0 Å². The highest BCUT2D eigenvalue weighted by atomic mass is 35.5. The molecule has 0 radical (unpaired) electrons. The van der Waals surface area contributed by atoms with Crippen LogP contribution in [-0.4, -0.2) is 26.1 Å². The van der Waals surface area contributed by atoms with Crippen LogP contribution in [0.1, 0.15) is 26.3 Å². The lowest BCUT2D eigenvalue weighted by Crippen LogP contribution is -2.18. The summed E-state index contributed by atoms with van der Waals surface area (Å²) in [7, 11) is 0. The maximum absolute atomic E-state index is 12.6. The summed E-state index contributed by atoms with van der Waals surface area (Å²) in [6, 6.07) is 2.98. The van der Waals surface area contributed by atoms with Gasteiger partial charge in [0.25, 0.3) is 0 Å². The smallest absolute Gasteiger partial charge is 0.333 e. The maximum atomic E-state index is 12.6. The molecule has 0 spiro atoms. The van der Waals surface area contributed by atoms with Crippen LogP contribution in [0, 0.1) is 0 Å². The van der Waals surface area contributed by atoms with Gasteiger partial charge in [0.15, 0.2) is 0 Å². The summed E-state index contributed by atoms with van der Waals surface area (Å²) >= 11 is 5.84. The number of aromatic nitrogens is 3. The number of rotatable bonds is 6. The van der Waals surface area contributed by atoms with Crippen LogP contribution in [-0.2, 0) is 0 Å². The summed E-state index contributed by atoms with van der Waals surface area (Å²) in [4.78, 5) is 3.93. The van der Waals surface area contributed by atoms with Crippen LogP contribution in [0.4, 0.5) is 14.5 Å². The van der Waals surface area contributed by atoms with Crippen molar-refractivity contribution in [3.8, 4) is 11.3 Å². The molecule has 0 saturated heterocycles. The molecule has 1 atom stereocenters. The Kier molecular flexibility index (Phi) is 5.08. The van der Waals surface area contributed by atoms with Gasteiger partial charge in [-0.1, -0.05) is 24.9 Å². The van der Waals surface area contributed by atoms with Crippen molar-refractivity contribution >= 4 is 17.3 Å². The first-order chi connectivity index (χ1) is 10.0. The van der Waals surface area contributed by atoms with Gasteiger partial charge in [0, 0.05) is 18.0 Å². The van der Waals surface area contributed by atoms with Crippen molar-refractivity contribution in [1.82, 2.24) is 14.8 Å². The Balaban J connectivity index is 2.33. The minimum absolute atomic E-state index is 0.234. The van der Waals surface area contributed by atoms with E-state index in [0.29, 0.717) is 28.0 Å². The summed E-state index contributed by atoms with van der Waals surface area (Å²) in [5, 5.41) is 16.7. The molecule has 8 heteroatoms. The van der Waals surface area contributed by atoms with Gasteiger partial charge in [-0.25, -0.2) is 9.67 Å². The lowest BCUT2D eigenvalue weighted by molar-refractivity contribution is 0.0568. The van der Waals surface area contributed by atoms with Crippen LogP contribution in [0.5, 0.6) is 0 Å². The number of anilines is 1. The van der Waals surface area contributed by atoms with Crippen molar-refractivity contribution in [2.45, 2.75) is 32.5 Å². The topological polar surface area (TPSA) is 63.0 Å². The highest BCUT2D eigenvalue weighted by Crippen LogP contribution is 2.29. The van der Waals surface area contributed by atoms with Crippen molar-refractivity contribution in [3.05, 3.63) is 29.7 Å². The molecule has 2 aromatic heterocycles. The molecule has 0 aliphatic heterocycles. The van der Waals surface area contributed by atoms with E-state index in [4.69, 9.17) is 11.6 Å². The van der Waals surface area contributed by atoms with Gasteiger partial charge in [-0.05, 0) is 18.6 Å². The highest BCUT2D eigenvalue weighted by Gasteiger charge is 2.14. The third-order valence-corrected chi connectivity index (χ3v) is 3.05. The number of pyridine rings is 1. The third kappa shape index (κ3) is 3.89. The second kappa shape index (κ2) is 6.82. The predicted molar refractivity (Wildman–Crippen MR) is 76.3 cm³/mol. The number of halogens is 3. The molecule has 2 rings (SSSR count). The lowest BCUT2D eigenvalue weighted by atomic mass is 10.1. The summed E-state index contributed by atoms with van der Waals surface area (Å²) in [5.41, 5.74) is 1.31. The van der Waals surface area contributed by atoms with E-state index in [-0.39, 0.29) is 5.15 Å². The number of hydrogen-bond acceptors (Lipinski definition) is 4. The number of nitrogens with zero attached hydrogens (tertiary/aromatic N) is 3. The van der Waals surface area contributed by atoms with Crippen molar-refractivity contribution < 1.29 is 13.9 Å². The number of aliphatic hydroxyl groups is 1. The van der Waals surface area contributed by atoms with Crippen LogP contribution in [0.15, 0.2) is 24.5 Å². The minimum atomic E-state index is -2.71. The number of hydrogen-bond donors (Lipinski definition) is 2. The molecule has 0 amide bonds. The second-order valence-corrected chi connectivity index (χ2v) is 4.85. The molecule has 5 nitrogen and oxygen atoms in total. The summed E-state index contributed by atoms with van der Waals surface area (Å²) in [6.45, 7) is -0.767. The first-order valence-corrected chi connectivity index (χ1v) is 6.83. The molecule has 2 heterocycles. The second-order valence-electron chi connectivity index (χ2n) is 4.46. The van der Waals surface area contributed by atoms with Gasteiger partial charge < -0.3 is 10.4 Å². The zero-order valence-corrected chi connectivity index (χ0v) is 12.1. The molecule has 0 aromatic carbocycles. The summed E-state index contributed by atoms with van der Waals surface area (Å²) < 4.78 is 25.7. The molecular weight excluding hydrogens is 302 g/mol. The minimum Gasteiger partial charge on any atom is -0.374 e. The summed E-state index contributed by atoms with van der Waals surface area (Å²) in [5.74, 6) is 0. The van der Waals surface area contributed by atoms with Crippen LogP contribution in [0.3, 0.4) is 0 Å². The molecule has 0 bridgehead atoms. The van der Waals surface area contributed by atoms with Crippen molar-refractivity contribution in [2.75, 3.05) is 5.32 Å². The van der Waals surface area contributed by atoms with Gasteiger partial charge >= 0.3 is 6.55 Å². The molecule has 114 valence electrons. The van der Waals surface area contributed by atoms with Crippen LogP contribution >= 0.6 is 11.6 Å². The fourth-order valence-electron chi connectivity index (χ4n) is 1.87. The van der Waals surface area contributed by atoms with E-state index in [2.05, 4.69) is 15.4 Å². The van der Waals surface area contributed by atoms with E-state index in [1.807, 2.05) is 6.92 Å². The predicted octanol–water partition coefficient (Wildman–Crippen LogP) is 3.52. The quantitative estimate of drug-likeness (QED) is 0.632. The van der Waals surface area contributed by atoms with Gasteiger partial charge in [0.2, 0.25) is 0 Å². The van der Waals surface area contributed by atoms with Crippen LogP contribution in [0.2, 0.25) is 5.15 Å². The summed E-state index contributed by atoms with van der Waals surface area (Å²) in [6.07, 6.45) is 3.19. The Morgan fingerprint density at radius 1 is 1.48 bits per heavy atom. The van der Waals surface area contributed by atoms with Gasteiger partial charge in [0.1, 0.15) is 11.4 Å². The van der Waals surface area contributed by atoms with E-state index in [1.165, 1.54) is 24.5 Å².